The van der Waals surface area contributed by atoms with Crippen LogP contribution in [-0.2, 0) is 32.5 Å². The molecule has 0 bridgehead atoms. The minimum atomic E-state index is -3.72. The van der Waals surface area contributed by atoms with Crippen LogP contribution in [0.5, 0.6) is 0 Å². The predicted octanol–water partition coefficient (Wildman–Crippen LogP) is 2.16. The maximum absolute atomic E-state index is 12.9. The first-order chi connectivity index (χ1) is 15.4. The van der Waals surface area contributed by atoms with E-state index in [0.29, 0.717) is 25.9 Å². The molecular weight excluding hydrogens is 428 g/mol. The van der Waals surface area contributed by atoms with Gasteiger partial charge >= 0.3 is 0 Å². The Hall–Kier alpha value is -2.26. The van der Waals surface area contributed by atoms with Gasteiger partial charge in [-0.2, -0.15) is 0 Å². The van der Waals surface area contributed by atoms with E-state index in [1.165, 1.54) is 11.1 Å². The molecule has 7 nitrogen and oxygen atoms in total. The van der Waals surface area contributed by atoms with E-state index in [-0.39, 0.29) is 29.9 Å². The van der Waals surface area contributed by atoms with E-state index in [4.69, 9.17) is 4.74 Å². The van der Waals surface area contributed by atoms with Gasteiger partial charge in [0.25, 0.3) is 0 Å². The lowest BCUT2D eigenvalue weighted by Crippen LogP contribution is -2.51. The second-order valence-electron chi connectivity index (χ2n) is 8.64. The zero-order valence-corrected chi connectivity index (χ0v) is 19.1. The number of sulfonamides is 1. The molecular formula is C24H30N2O5S. The molecule has 0 unspecified atom stereocenters. The summed E-state index contributed by atoms with van der Waals surface area (Å²) in [5.41, 5.74) is 3.44. The van der Waals surface area contributed by atoms with Crippen molar-refractivity contribution < 1.29 is 23.1 Å². The molecule has 2 N–H and O–H groups in total. The molecule has 2 aromatic rings. The van der Waals surface area contributed by atoms with Gasteiger partial charge in [0.2, 0.25) is 15.9 Å². The molecule has 8 heteroatoms. The van der Waals surface area contributed by atoms with E-state index >= 15 is 0 Å². The fourth-order valence-corrected chi connectivity index (χ4v) is 5.73. The summed E-state index contributed by atoms with van der Waals surface area (Å²) < 4.78 is 34.1. The van der Waals surface area contributed by atoms with Gasteiger partial charge in [0, 0.05) is 13.1 Å². The zero-order valence-electron chi connectivity index (χ0n) is 18.2. The molecule has 0 aromatic heterocycles. The largest absolute Gasteiger partial charge is 0.394 e. The number of nitrogens with one attached hydrogen (secondary N) is 1. The third-order valence-electron chi connectivity index (χ3n) is 6.32. The molecule has 1 amide bonds. The van der Waals surface area contributed by atoms with Gasteiger partial charge in [-0.15, -0.1) is 0 Å². The Kier molecular flexibility index (Phi) is 6.95. The number of aliphatic hydroxyl groups excluding tert-OH is 1. The van der Waals surface area contributed by atoms with Crippen molar-refractivity contribution in [3.63, 3.8) is 0 Å². The number of aliphatic hydroxyl groups is 1. The number of rotatable bonds is 6. The third-order valence-corrected chi connectivity index (χ3v) is 7.82. The highest BCUT2D eigenvalue weighted by Crippen LogP contribution is 2.26. The van der Waals surface area contributed by atoms with Crippen molar-refractivity contribution >= 4 is 15.9 Å². The van der Waals surface area contributed by atoms with Crippen molar-refractivity contribution in [2.75, 3.05) is 13.2 Å². The maximum Gasteiger partial charge on any atom is 0.240 e. The summed E-state index contributed by atoms with van der Waals surface area (Å²) in [5.74, 6) is 0.0277. The molecule has 2 aromatic carbocycles. The molecule has 32 heavy (non-hydrogen) atoms. The third kappa shape index (κ3) is 5.20. The molecule has 172 valence electrons. The predicted molar refractivity (Wildman–Crippen MR) is 120 cm³/mol. The van der Waals surface area contributed by atoms with Crippen LogP contribution in [0.3, 0.4) is 0 Å². The second kappa shape index (κ2) is 9.70. The van der Waals surface area contributed by atoms with Crippen molar-refractivity contribution in [3.05, 3.63) is 65.2 Å². The van der Waals surface area contributed by atoms with Gasteiger partial charge in [-0.1, -0.05) is 42.0 Å². The highest BCUT2D eigenvalue weighted by molar-refractivity contribution is 7.89. The van der Waals surface area contributed by atoms with Crippen LogP contribution in [0.1, 0.15) is 36.0 Å². The number of carbonyl (C=O) groups is 1. The zero-order chi connectivity index (χ0) is 22.7. The van der Waals surface area contributed by atoms with Gasteiger partial charge in [0.05, 0.1) is 36.2 Å². The first kappa shape index (κ1) is 22.9. The van der Waals surface area contributed by atoms with Gasteiger partial charge in [-0.05, 0) is 49.4 Å². The molecule has 4 rings (SSSR count). The van der Waals surface area contributed by atoms with E-state index < -0.39 is 22.2 Å². The first-order valence-corrected chi connectivity index (χ1v) is 12.5. The Morgan fingerprint density at radius 3 is 2.56 bits per heavy atom. The van der Waals surface area contributed by atoms with Crippen molar-refractivity contribution in [1.29, 1.82) is 0 Å². The van der Waals surface area contributed by atoms with Gasteiger partial charge in [0.15, 0.2) is 0 Å². The van der Waals surface area contributed by atoms with Crippen LogP contribution in [-0.4, -0.2) is 55.7 Å². The van der Waals surface area contributed by atoms with E-state index in [1.54, 1.807) is 24.3 Å². The summed E-state index contributed by atoms with van der Waals surface area (Å²) in [7, 11) is -3.72. The van der Waals surface area contributed by atoms with Crippen LogP contribution < -0.4 is 4.72 Å². The Bertz CT molecular complexity index is 1050. The van der Waals surface area contributed by atoms with Crippen molar-refractivity contribution in [1.82, 2.24) is 9.62 Å². The van der Waals surface area contributed by atoms with Crippen molar-refractivity contribution in [2.45, 2.75) is 62.3 Å². The first-order valence-electron chi connectivity index (χ1n) is 11.1. The fraction of sp³-hybridized carbons (Fsp3) is 0.458. The van der Waals surface area contributed by atoms with Crippen LogP contribution in [0.4, 0.5) is 0 Å². The summed E-state index contributed by atoms with van der Waals surface area (Å²) in [5, 5.41) is 9.82. The van der Waals surface area contributed by atoms with Crippen LogP contribution in [0.15, 0.2) is 53.4 Å². The molecule has 0 aliphatic carbocycles. The molecule has 1 fully saturated rings. The Morgan fingerprint density at radius 1 is 1.12 bits per heavy atom. The van der Waals surface area contributed by atoms with Gasteiger partial charge in [0.1, 0.15) is 0 Å². The number of benzene rings is 2. The number of hydrogen-bond acceptors (Lipinski definition) is 5. The summed E-state index contributed by atoms with van der Waals surface area (Å²) in [4.78, 5) is 14.9. The average molecular weight is 459 g/mol. The highest BCUT2D eigenvalue weighted by Gasteiger charge is 2.35. The molecule has 2 heterocycles. The fourth-order valence-electron chi connectivity index (χ4n) is 4.43. The lowest BCUT2D eigenvalue weighted by Gasteiger charge is -2.37. The molecule has 3 atom stereocenters. The number of hydrogen-bond donors (Lipinski definition) is 2. The summed E-state index contributed by atoms with van der Waals surface area (Å²) in [6.45, 7) is 2.86. The molecule has 2 aliphatic heterocycles. The highest BCUT2D eigenvalue weighted by atomic mass is 32.2. The number of fused-ring (bicyclic) bond motifs is 1. The maximum atomic E-state index is 12.9. The monoisotopic (exact) mass is 458 g/mol. The lowest BCUT2D eigenvalue weighted by molar-refractivity contribution is -0.140. The molecule has 0 spiro atoms. The minimum absolute atomic E-state index is 0.0277. The van der Waals surface area contributed by atoms with Gasteiger partial charge < -0.3 is 14.7 Å². The molecule has 0 saturated carbocycles. The number of ether oxygens (including phenoxy) is 1. The van der Waals surface area contributed by atoms with Gasteiger partial charge in [-0.3, -0.25) is 4.79 Å². The smallest absolute Gasteiger partial charge is 0.240 e. The second-order valence-corrected chi connectivity index (χ2v) is 10.3. The van der Waals surface area contributed by atoms with Crippen molar-refractivity contribution in [2.24, 2.45) is 0 Å². The lowest BCUT2D eigenvalue weighted by atomic mass is 9.96. The van der Waals surface area contributed by atoms with Gasteiger partial charge in [-0.25, -0.2) is 13.1 Å². The van der Waals surface area contributed by atoms with E-state index in [1.807, 2.05) is 24.0 Å². The Balaban J connectivity index is 1.34. The molecule has 0 radical (unpaired) electrons. The topological polar surface area (TPSA) is 95.9 Å². The van der Waals surface area contributed by atoms with E-state index in [2.05, 4.69) is 16.9 Å². The standard InChI is InChI=1S/C24H30N2O5S/c1-17-6-9-21(10-7-17)32(29,30)25-22-11-8-20(31-23(22)16-27)14-24(28)26-13-12-18-4-2-3-5-19(18)15-26/h2-7,9-10,20,22-23,25,27H,8,11-16H2,1H3/t20-,22+,23-/m0/s1. The Morgan fingerprint density at radius 2 is 1.84 bits per heavy atom. The number of amides is 1. The van der Waals surface area contributed by atoms with E-state index in [9.17, 15) is 18.3 Å². The van der Waals surface area contributed by atoms with Crippen molar-refractivity contribution in [3.8, 4) is 0 Å². The van der Waals surface area contributed by atoms with Crippen LogP contribution in [0.25, 0.3) is 0 Å². The van der Waals surface area contributed by atoms with Crippen LogP contribution in [0.2, 0.25) is 0 Å². The number of carbonyl (C=O) groups excluding carboxylic acids is 1. The van der Waals surface area contributed by atoms with E-state index in [0.717, 1.165) is 12.0 Å². The summed E-state index contributed by atoms with van der Waals surface area (Å²) >= 11 is 0. The minimum Gasteiger partial charge on any atom is -0.394 e. The number of nitrogens with zero attached hydrogens (tertiary/aromatic N) is 1. The molecule has 1 saturated heterocycles. The average Bonchev–Trinajstić information content (AvgIpc) is 2.79. The summed E-state index contributed by atoms with van der Waals surface area (Å²) in [6, 6.07) is 14.2. The number of aryl methyl sites for hydroxylation is 1. The summed E-state index contributed by atoms with van der Waals surface area (Å²) in [6.07, 6.45) is 1.09. The quantitative estimate of drug-likeness (QED) is 0.692. The van der Waals surface area contributed by atoms with Crippen LogP contribution >= 0.6 is 0 Å². The molecule has 2 aliphatic rings. The normalized spacial score (nSPS) is 23.6. The Labute approximate surface area is 189 Å². The van der Waals surface area contributed by atoms with Crippen LogP contribution in [0, 0.1) is 6.92 Å². The SMILES string of the molecule is Cc1ccc(S(=O)(=O)N[C@@H]2CC[C@@H](CC(=O)N3CCc4ccccc4C3)O[C@H]2CO)cc1.